The highest BCUT2D eigenvalue weighted by atomic mass is 32.1. The maximum Gasteiger partial charge on any atom is 0.231 e. The Bertz CT molecular complexity index is 990. The monoisotopic (exact) mass is 406 g/mol. The molecule has 3 aromatic rings. The Hall–Kier alpha value is -3.06. The van der Waals surface area contributed by atoms with Crippen LogP contribution in [0.3, 0.4) is 0 Å². The van der Waals surface area contributed by atoms with Gasteiger partial charge in [-0.1, -0.05) is 66.8 Å². The first-order chi connectivity index (χ1) is 14.1. The van der Waals surface area contributed by atoms with Gasteiger partial charge in [0.25, 0.3) is 0 Å². The fraction of sp³-hybridized carbons (Fsp3) is 0.273. The smallest absolute Gasteiger partial charge is 0.231 e. The number of benzene rings is 2. The standard InChI is InChI=1S/C22H22N4O2S/c1-15(16-8-4-2-5-9-16)12-19-24-25-22(29-19)23-21(28)17-13-20(27)26(14-17)18-10-6-3-7-11-18/h2-11,15,17H,12-14H2,1H3,(H,23,25,28)/t15-,17-/m1/s1. The van der Waals surface area contributed by atoms with E-state index >= 15 is 0 Å². The third kappa shape index (κ3) is 4.51. The number of amides is 2. The Balaban J connectivity index is 1.35. The normalized spacial score (nSPS) is 17.3. The van der Waals surface area contributed by atoms with Gasteiger partial charge in [0.15, 0.2) is 0 Å². The van der Waals surface area contributed by atoms with Crippen LogP contribution in [0.5, 0.6) is 0 Å². The van der Waals surface area contributed by atoms with Crippen LogP contribution in [0.2, 0.25) is 0 Å². The second kappa shape index (κ2) is 8.53. The molecule has 1 aromatic heterocycles. The van der Waals surface area contributed by atoms with Crippen LogP contribution in [0, 0.1) is 5.92 Å². The second-order valence-electron chi connectivity index (χ2n) is 7.25. The van der Waals surface area contributed by atoms with Gasteiger partial charge in [0.1, 0.15) is 5.01 Å². The van der Waals surface area contributed by atoms with Crippen molar-refractivity contribution in [3.63, 3.8) is 0 Å². The van der Waals surface area contributed by atoms with Gasteiger partial charge < -0.3 is 10.2 Å². The summed E-state index contributed by atoms with van der Waals surface area (Å²) in [5.74, 6) is -0.292. The second-order valence-corrected chi connectivity index (χ2v) is 8.31. The zero-order valence-electron chi connectivity index (χ0n) is 16.1. The molecule has 148 valence electrons. The number of carbonyl (C=O) groups is 2. The lowest BCUT2D eigenvalue weighted by molar-refractivity contribution is -0.122. The lowest BCUT2D eigenvalue weighted by Crippen LogP contribution is -2.28. The first kappa shape index (κ1) is 19.3. The van der Waals surface area contributed by atoms with Gasteiger partial charge in [0, 0.05) is 25.1 Å². The van der Waals surface area contributed by atoms with E-state index < -0.39 is 5.92 Å². The molecular formula is C22H22N4O2S. The van der Waals surface area contributed by atoms with E-state index in [2.05, 4.69) is 34.6 Å². The van der Waals surface area contributed by atoms with E-state index in [1.165, 1.54) is 16.9 Å². The molecule has 1 N–H and O–H groups in total. The summed E-state index contributed by atoms with van der Waals surface area (Å²) in [6.45, 7) is 2.53. The summed E-state index contributed by atoms with van der Waals surface area (Å²) in [7, 11) is 0. The van der Waals surface area contributed by atoms with Crippen LogP contribution in [0.15, 0.2) is 60.7 Å². The molecule has 0 unspecified atom stereocenters. The fourth-order valence-electron chi connectivity index (χ4n) is 3.50. The van der Waals surface area contributed by atoms with Gasteiger partial charge >= 0.3 is 0 Å². The molecule has 1 aliphatic heterocycles. The first-order valence-electron chi connectivity index (χ1n) is 9.64. The molecular weight excluding hydrogens is 384 g/mol. The largest absolute Gasteiger partial charge is 0.312 e. The molecule has 29 heavy (non-hydrogen) atoms. The maximum absolute atomic E-state index is 12.6. The Morgan fingerprint density at radius 1 is 1.14 bits per heavy atom. The molecule has 1 fully saturated rings. The minimum Gasteiger partial charge on any atom is -0.312 e. The van der Waals surface area contributed by atoms with E-state index in [0.29, 0.717) is 17.6 Å². The number of carbonyl (C=O) groups excluding carboxylic acids is 2. The van der Waals surface area contributed by atoms with Gasteiger partial charge in [-0.25, -0.2) is 0 Å². The average molecular weight is 407 g/mol. The van der Waals surface area contributed by atoms with Gasteiger partial charge in [-0.2, -0.15) is 0 Å². The molecule has 2 amide bonds. The van der Waals surface area contributed by atoms with E-state index in [1.807, 2.05) is 48.5 Å². The van der Waals surface area contributed by atoms with Crippen LogP contribution in [0.25, 0.3) is 0 Å². The van der Waals surface area contributed by atoms with Gasteiger partial charge in [0.2, 0.25) is 16.9 Å². The maximum atomic E-state index is 12.6. The van der Waals surface area contributed by atoms with Gasteiger partial charge in [0.05, 0.1) is 5.92 Å². The number of para-hydroxylation sites is 1. The van der Waals surface area contributed by atoms with Gasteiger partial charge in [-0.15, -0.1) is 10.2 Å². The van der Waals surface area contributed by atoms with Crippen molar-refractivity contribution in [2.75, 3.05) is 16.8 Å². The van der Waals surface area contributed by atoms with Crippen LogP contribution < -0.4 is 10.2 Å². The van der Waals surface area contributed by atoms with Crippen LogP contribution in [0.4, 0.5) is 10.8 Å². The Kier molecular flexibility index (Phi) is 5.67. The zero-order valence-corrected chi connectivity index (χ0v) is 16.9. The van der Waals surface area contributed by atoms with Crippen LogP contribution >= 0.6 is 11.3 Å². The lowest BCUT2D eigenvalue weighted by Gasteiger charge is -2.16. The molecule has 0 radical (unpaired) electrons. The summed E-state index contributed by atoms with van der Waals surface area (Å²) >= 11 is 1.39. The third-order valence-electron chi connectivity index (χ3n) is 5.11. The highest BCUT2D eigenvalue weighted by molar-refractivity contribution is 7.15. The summed E-state index contributed by atoms with van der Waals surface area (Å²) in [6, 6.07) is 19.7. The fourth-order valence-corrected chi connectivity index (χ4v) is 4.37. The SMILES string of the molecule is C[C@H](Cc1nnc(NC(=O)[C@@H]2CC(=O)N(c3ccccc3)C2)s1)c1ccccc1. The van der Waals surface area contributed by atoms with Crippen molar-refractivity contribution >= 4 is 34.0 Å². The van der Waals surface area contributed by atoms with Crippen molar-refractivity contribution in [2.24, 2.45) is 5.92 Å². The van der Waals surface area contributed by atoms with Crippen LogP contribution in [0.1, 0.15) is 29.8 Å². The van der Waals surface area contributed by atoms with Crippen molar-refractivity contribution in [3.05, 3.63) is 71.2 Å². The van der Waals surface area contributed by atoms with Crippen molar-refractivity contribution in [1.29, 1.82) is 0 Å². The third-order valence-corrected chi connectivity index (χ3v) is 5.97. The average Bonchev–Trinajstić information content (AvgIpc) is 3.35. The van der Waals surface area contributed by atoms with E-state index in [4.69, 9.17) is 0 Å². The minimum absolute atomic E-state index is 0.0361. The number of rotatable bonds is 6. The molecule has 0 bridgehead atoms. The number of nitrogens with one attached hydrogen (secondary N) is 1. The van der Waals surface area contributed by atoms with Crippen LogP contribution in [-0.2, 0) is 16.0 Å². The summed E-state index contributed by atoms with van der Waals surface area (Å²) in [5, 5.41) is 12.5. The molecule has 2 heterocycles. The topological polar surface area (TPSA) is 75.2 Å². The molecule has 1 aliphatic rings. The lowest BCUT2D eigenvalue weighted by atomic mass is 9.98. The predicted molar refractivity (Wildman–Crippen MR) is 114 cm³/mol. The highest BCUT2D eigenvalue weighted by Gasteiger charge is 2.35. The molecule has 2 aromatic carbocycles. The van der Waals surface area contributed by atoms with Gasteiger partial charge in [-0.05, 0) is 23.6 Å². The van der Waals surface area contributed by atoms with Crippen LogP contribution in [-0.4, -0.2) is 28.6 Å². The molecule has 0 spiro atoms. The summed E-state index contributed by atoms with van der Waals surface area (Å²) in [6.07, 6.45) is 0.971. The van der Waals surface area contributed by atoms with Crippen molar-refractivity contribution < 1.29 is 9.59 Å². The highest BCUT2D eigenvalue weighted by Crippen LogP contribution is 2.27. The number of aromatic nitrogens is 2. The van der Waals surface area contributed by atoms with Crippen molar-refractivity contribution in [3.8, 4) is 0 Å². The van der Waals surface area contributed by atoms with Crippen molar-refractivity contribution in [2.45, 2.75) is 25.7 Å². The summed E-state index contributed by atoms with van der Waals surface area (Å²) in [4.78, 5) is 26.6. The molecule has 6 nitrogen and oxygen atoms in total. The molecule has 0 saturated carbocycles. The number of hydrogen-bond acceptors (Lipinski definition) is 5. The number of nitrogens with zero attached hydrogens (tertiary/aromatic N) is 3. The Morgan fingerprint density at radius 2 is 1.83 bits per heavy atom. The van der Waals surface area contributed by atoms with Crippen molar-refractivity contribution in [1.82, 2.24) is 10.2 Å². The minimum atomic E-state index is -0.390. The Labute approximate surface area is 173 Å². The van der Waals surface area contributed by atoms with E-state index in [1.54, 1.807) is 4.90 Å². The quantitative estimate of drug-likeness (QED) is 0.674. The zero-order chi connectivity index (χ0) is 20.2. The molecule has 1 saturated heterocycles. The number of anilines is 2. The predicted octanol–water partition coefficient (Wildman–Crippen LogP) is 3.88. The Morgan fingerprint density at radius 3 is 2.55 bits per heavy atom. The molecule has 7 heteroatoms. The van der Waals surface area contributed by atoms with E-state index in [-0.39, 0.29) is 18.2 Å². The molecule has 4 rings (SSSR count). The molecule has 2 atom stereocenters. The van der Waals surface area contributed by atoms with E-state index in [9.17, 15) is 9.59 Å². The first-order valence-corrected chi connectivity index (χ1v) is 10.5. The summed E-state index contributed by atoms with van der Waals surface area (Å²) in [5.41, 5.74) is 2.07. The van der Waals surface area contributed by atoms with Gasteiger partial charge in [-0.3, -0.25) is 9.59 Å². The summed E-state index contributed by atoms with van der Waals surface area (Å²) < 4.78 is 0. The number of hydrogen-bond donors (Lipinski definition) is 1. The molecule has 0 aliphatic carbocycles. The van der Waals surface area contributed by atoms with E-state index in [0.717, 1.165) is 17.1 Å².